The summed E-state index contributed by atoms with van der Waals surface area (Å²) in [7, 11) is 1.31. The highest BCUT2D eigenvalue weighted by Gasteiger charge is 2.53. The van der Waals surface area contributed by atoms with Crippen LogP contribution in [0.25, 0.3) is 22.2 Å². The number of aromatic nitrogens is 2. The molecule has 3 heterocycles. The minimum atomic E-state index is -1.50. The lowest BCUT2D eigenvalue weighted by Gasteiger charge is -2.44. The van der Waals surface area contributed by atoms with E-state index in [1.807, 2.05) is 24.3 Å². The van der Waals surface area contributed by atoms with Crippen LogP contribution in [0.1, 0.15) is 35.0 Å². The van der Waals surface area contributed by atoms with Crippen molar-refractivity contribution >= 4 is 40.1 Å². The number of carbonyl (C=O) groups is 3. The molecule has 6 rings (SSSR count). The number of aliphatic hydroxyl groups is 1. The molecular formula is C40H40N2O11. The van der Waals surface area contributed by atoms with Gasteiger partial charge in [-0.15, -0.1) is 13.2 Å². The lowest BCUT2D eigenvalue weighted by molar-refractivity contribution is -0.300. The predicted molar refractivity (Wildman–Crippen MR) is 190 cm³/mol. The molecule has 0 spiro atoms. The summed E-state index contributed by atoms with van der Waals surface area (Å²) in [5.74, 6) is -3.35. The number of rotatable bonds is 16. The van der Waals surface area contributed by atoms with Gasteiger partial charge >= 0.3 is 17.9 Å². The molecule has 1 saturated heterocycles. The Labute approximate surface area is 305 Å². The second-order valence-electron chi connectivity index (χ2n) is 12.5. The third-order valence-electron chi connectivity index (χ3n) is 8.85. The molecule has 0 unspecified atom stereocenters. The van der Waals surface area contributed by atoms with Crippen molar-refractivity contribution in [3.05, 3.63) is 122 Å². The van der Waals surface area contributed by atoms with Crippen molar-refractivity contribution in [2.24, 2.45) is 11.8 Å². The lowest BCUT2D eigenvalue weighted by Crippen LogP contribution is -2.63. The fraction of sp³-hybridized carbons (Fsp3) is 0.325. The highest BCUT2D eigenvalue weighted by molar-refractivity contribution is 5.89. The average Bonchev–Trinajstić information content (AvgIpc) is 3.79. The van der Waals surface area contributed by atoms with Crippen molar-refractivity contribution < 1.29 is 52.0 Å². The van der Waals surface area contributed by atoms with E-state index in [1.54, 1.807) is 66.7 Å². The van der Waals surface area contributed by atoms with E-state index in [-0.39, 0.29) is 31.2 Å². The Kier molecular flexibility index (Phi) is 12.1. The van der Waals surface area contributed by atoms with E-state index < -0.39 is 67.1 Å². The number of para-hydroxylation sites is 4. The molecule has 53 heavy (non-hydrogen) atoms. The number of methoxy groups -OCH3 is 1. The van der Waals surface area contributed by atoms with Crippen LogP contribution in [0.2, 0.25) is 0 Å². The lowest BCUT2D eigenvalue weighted by atomic mass is 9.96. The Hall–Kier alpha value is -5.63. The van der Waals surface area contributed by atoms with Crippen molar-refractivity contribution in [1.82, 2.24) is 9.97 Å². The van der Waals surface area contributed by atoms with Gasteiger partial charge in [-0.2, -0.15) is 0 Å². The summed E-state index contributed by atoms with van der Waals surface area (Å²) in [5.41, 5.74) is 2.56. The molecule has 13 nitrogen and oxygen atoms in total. The van der Waals surface area contributed by atoms with Crippen LogP contribution in [-0.4, -0.2) is 77.4 Å². The van der Waals surface area contributed by atoms with Gasteiger partial charge in [-0.3, -0.25) is 9.59 Å². The first kappa shape index (κ1) is 37.1. The second-order valence-corrected chi connectivity index (χ2v) is 12.5. The second kappa shape index (κ2) is 17.3. The topological polar surface area (TPSA) is 170 Å². The molecule has 1 N–H and O–H groups in total. The molecule has 1 aliphatic rings. The molecule has 3 aromatic carbocycles. The van der Waals surface area contributed by atoms with Gasteiger partial charge in [0.1, 0.15) is 17.1 Å². The van der Waals surface area contributed by atoms with Crippen LogP contribution in [0.3, 0.4) is 0 Å². The largest absolute Gasteiger partial charge is 0.455 e. The quantitative estimate of drug-likeness (QED) is 0.0764. The van der Waals surface area contributed by atoms with Crippen LogP contribution < -0.4 is 0 Å². The fourth-order valence-corrected chi connectivity index (χ4v) is 6.21. The van der Waals surface area contributed by atoms with Crippen molar-refractivity contribution in [3.8, 4) is 0 Å². The number of hydrogen-bond donors (Lipinski definition) is 1. The number of esters is 3. The monoisotopic (exact) mass is 724 g/mol. The van der Waals surface area contributed by atoms with E-state index in [2.05, 4.69) is 23.1 Å². The molecule has 0 aliphatic carbocycles. The van der Waals surface area contributed by atoms with Crippen molar-refractivity contribution in [2.45, 2.75) is 56.4 Å². The molecule has 276 valence electrons. The zero-order chi connectivity index (χ0) is 37.3. The molecule has 0 amide bonds. The molecule has 7 atom stereocenters. The number of ether oxygens (including phenoxy) is 5. The summed E-state index contributed by atoms with van der Waals surface area (Å²) in [6.45, 7) is 6.93. The third kappa shape index (κ3) is 8.71. The van der Waals surface area contributed by atoms with Crippen LogP contribution in [-0.2, 0) is 46.1 Å². The number of nitrogens with zero attached hydrogens (tertiary/aromatic N) is 2. The van der Waals surface area contributed by atoms with E-state index in [0.29, 0.717) is 34.0 Å². The van der Waals surface area contributed by atoms with Gasteiger partial charge in [-0.05, 0) is 49.2 Å². The van der Waals surface area contributed by atoms with Crippen molar-refractivity contribution in [1.29, 1.82) is 0 Å². The Morgan fingerprint density at radius 2 is 1.25 bits per heavy atom. The predicted octanol–water partition coefficient (Wildman–Crippen LogP) is 5.55. The van der Waals surface area contributed by atoms with E-state index in [0.717, 1.165) is 0 Å². The SMILES string of the molecule is C=CC[C@@H](Cc1nc2ccccc2o1)C(=O)O[C@@H]1[C@@H](OC(=O)c2ccccc2)[C@@H](OC)O[C@H](CO)[C@H]1OC(=O)[C@@H](CC=C)Cc1nc2ccccc2o1. The van der Waals surface area contributed by atoms with Crippen LogP contribution in [0, 0.1) is 11.8 Å². The minimum Gasteiger partial charge on any atom is -0.455 e. The first-order valence-corrected chi connectivity index (χ1v) is 17.2. The number of allylic oxidation sites excluding steroid dienone is 2. The number of aliphatic hydroxyl groups excluding tert-OH is 1. The zero-order valence-electron chi connectivity index (χ0n) is 29.1. The number of hydrogen-bond acceptors (Lipinski definition) is 13. The van der Waals surface area contributed by atoms with Gasteiger partial charge in [0.25, 0.3) is 0 Å². The molecule has 5 aromatic rings. The highest BCUT2D eigenvalue weighted by Crippen LogP contribution is 2.32. The van der Waals surface area contributed by atoms with Gasteiger partial charge in [0.05, 0.1) is 24.0 Å². The summed E-state index contributed by atoms with van der Waals surface area (Å²) in [6, 6.07) is 22.6. The smallest absolute Gasteiger partial charge is 0.338 e. The van der Waals surface area contributed by atoms with E-state index in [4.69, 9.17) is 32.5 Å². The first-order valence-electron chi connectivity index (χ1n) is 17.2. The van der Waals surface area contributed by atoms with Crippen molar-refractivity contribution in [2.75, 3.05) is 13.7 Å². The van der Waals surface area contributed by atoms with Gasteiger partial charge < -0.3 is 37.6 Å². The number of oxazole rings is 2. The van der Waals surface area contributed by atoms with Crippen LogP contribution in [0.4, 0.5) is 0 Å². The summed E-state index contributed by atoms with van der Waals surface area (Å²) >= 11 is 0. The number of fused-ring (bicyclic) bond motifs is 2. The first-order chi connectivity index (χ1) is 25.8. The normalized spacial score (nSPS) is 21.1. The van der Waals surface area contributed by atoms with Gasteiger partial charge in [-0.25, -0.2) is 14.8 Å². The summed E-state index contributed by atoms with van der Waals surface area (Å²) in [4.78, 5) is 50.5. The molecule has 1 fully saturated rings. The molecule has 1 aliphatic heterocycles. The van der Waals surface area contributed by atoms with E-state index in [1.165, 1.54) is 7.11 Å². The van der Waals surface area contributed by atoms with Crippen LogP contribution >= 0.6 is 0 Å². The van der Waals surface area contributed by atoms with Gasteiger partial charge in [0.15, 0.2) is 47.5 Å². The Morgan fingerprint density at radius 1 is 0.736 bits per heavy atom. The van der Waals surface area contributed by atoms with Gasteiger partial charge in [0.2, 0.25) is 0 Å². The summed E-state index contributed by atoms with van der Waals surface area (Å²) in [6.07, 6.45) is -3.41. The van der Waals surface area contributed by atoms with Gasteiger partial charge in [0, 0.05) is 20.0 Å². The maximum absolute atomic E-state index is 14.1. The number of carbonyl (C=O) groups excluding carboxylic acids is 3. The molecule has 0 radical (unpaired) electrons. The molecule has 0 bridgehead atoms. The van der Waals surface area contributed by atoms with E-state index >= 15 is 0 Å². The summed E-state index contributed by atoms with van der Waals surface area (Å²) < 4.78 is 41.4. The number of benzene rings is 3. The fourth-order valence-electron chi connectivity index (χ4n) is 6.21. The Balaban J connectivity index is 1.31. The van der Waals surface area contributed by atoms with Crippen molar-refractivity contribution in [3.63, 3.8) is 0 Å². The maximum atomic E-state index is 14.1. The van der Waals surface area contributed by atoms with Crippen LogP contribution in [0.15, 0.2) is 113 Å². The van der Waals surface area contributed by atoms with Crippen LogP contribution in [0.5, 0.6) is 0 Å². The molecule has 0 saturated carbocycles. The average molecular weight is 725 g/mol. The van der Waals surface area contributed by atoms with E-state index in [9.17, 15) is 19.5 Å². The molecule has 2 aromatic heterocycles. The third-order valence-corrected chi connectivity index (χ3v) is 8.85. The molecule has 13 heteroatoms. The standard InChI is InChI=1S/C40H40N2O11/c1-4-13-25(21-32-41-27-17-9-11-19-29(27)48-32)38(45)51-34-31(23-43)50-40(47-3)36(53-37(44)24-15-7-6-8-16-24)35(34)52-39(46)26(14-5-2)22-33-42-28-18-10-12-20-30(28)49-33/h4-12,15-20,25-26,31,34-36,40,43H,1-2,13-14,21-23H2,3H3/t25-,26-,31+,34+,35-,36+,40-/m0/s1. The highest BCUT2D eigenvalue weighted by atomic mass is 16.7. The Morgan fingerprint density at radius 3 is 1.74 bits per heavy atom. The summed E-state index contributed by atoms with van der Waals surface area (Å²) in [5, 5.41) is 10.5. The Bertz CT molecular complexity index is 1970. The molecular weight excluding hydrogens is 684 g/mol. The zero-order valence-corrected chi connectivity index (χ0v) is 29.1. The van der Waals surface area contributed by atoms with Gasteiger partial charge in [-0.1, -0.05) is 54.6 Å². The maximum Gasteiger partial charge on any atom is 0.338 e. The minimum absolute atomic E-state index is 0.0464.